The second-order valence-corrected chi connectivity index (χ2v) is 11.4. The van der Waals surface area contributed by atoms with Gasteiger partial charge in [-0.25, -0.2) is 19.6 Å². The molecule has 4 aromatic carbocycles. The molecule has 0 atom stereocenters. The van der Waals surface area contributed by atoms with Gasteiger partial charge in [-0.3, -0.25) is 9.13 Å². The van der Waals surface area contributed by atoms with Crippen molar-refractivity contribution in [2.75, 3.05) is 0 Å². The average Bonchev–Trinajstić information content (AvgIpc) is 3.94. The number of rotatable bonds is 7. The number of pyridine rings is 1. The van der Waals surface area contributed by atoms with Crippen molar-refractivity contribution in [1.82, 2.24) is 38.4 Å². The van der Waals surface area contributed by atoms with Crippen molar-refractivity contribution in [2.45, 2.75) is 6.92 Å². The Labute approximate surface area is 296 Å². The molecule has 0 aliphatic carbocycles. The van der Waals surface area contributed by atoms with Gasteiger partial charge >= 0.3 is 21.1 Å². The van der Waals surface area contributed by atoms with Crippen LogP contribution in [0.2, 0.25) is 0 Å². The number of aromatic nitrogens is 8. The number of benzene rings is 4. The van der Waals surface area contributed by atoms with Crippen LogP contribution in [0.25, 0.3) is 56.1 Å². The van der Waals surface area contributed by atoms with Crippen LogP contribution in [0.1, 0.15) is 5.56 Å². The molecule has 0 bridgehead atoms. The fraction of sp³-hybridized carbons (Fsp3) is 0.0256. The van der Waals surface area contributed by atoms with E-state index in [1.54, 1.807) is 25.0 Å². The van der Waals surface area contributed by atoms with E-state index in [2.05, 4.69) is 76.1 Å². The van der Waals surface area contributed by atoms with Crippen molar-refractivity contribution in [2.24, 2.45) is 0 Å². The minimum atomic E-state index is 0. The summed E-state index contributed by atoms with van der Waals surface area (Å²) in [6.07, 6.45) is 12.6. The van der Waals surface area contributed by atoms with Crippen molar-refractivity contribution >= 4 is 21.8 Å². The molecule has 9 aromatic rings. The van der Waals surface area contributed by atoms with Gasteiger partial charge in [0.2, 0.25) is 0 Å². The topological polar surface area (TPSA) is 80.5 Å². The molecule has 0 N–H and O–H groups in total. The molecular weight excluding hydrogens is 792 g/mol. The molecule has 9 rings (SSSR count). The Balaban J connectivity index is 0.00000348. The number of imidazole rings is 2. The van der Waals surface area contributed by atoms with Crippen molar-refractivity contribution in [3.8, 4) is 45.8 Å². The number of nitrogens with zero attached hydrogens (tertiary/aromatic N) is 8. The predicted octanol–water partition coefficient (Wildman–Crippen LogP) is 8.10. The predicted molar refractivity (Wildman–Crippen MR) is 184 cm³/mol. The summed E-state index contributed by atoms with van der Waals surface area (Å²) in [6.45, 7) is 2.07. The first-order valence-electron chi connectivity index (χ1n) is 15.5. The largest absolute Gasteiger partial charge is 2.00 e. The maximum Gasteiger partial charge on any atom is 2.00 e. The normalized spacial score (nSPS) is 11.2. The Morgan fingerprint density at radius 2 is 1.47 bits per heavy atom. The first-order valence-corrected chi connectivity index (χ1v) is 15.5. The van der Waals surface area contributed by atoms with Crippen molar-refractivity contribution < 1.29 is 25.8 Å². The van der Waals surface area contributed by atoms with Crippen LogP contribution in [0.4, 0.5) is 0 Å². The molecule has 0 unspecified atom stereocenters. The van der Waals surface area contributed by atoms with E-state index >= 15 is 0 Å². The number of ether oxygens (including phenoxy) is 1. The monoisotopic (exact) mass is 817 g/mol. The summed E-state index contributed by atoms with van der Waals surface area (Å²) in [5.74, 6) is 3.44. The van der Waals surface area contributed by atoms with E-state index in [0.717, 1.165) is 55.9 Å². The summed E-state index contributed by atoms with van der Waals surface area (Å²) in [6, 6.07) is 39.4. The van der Waals surface area contributed by atoms with Crippen molar-refractivity contribution in [3.05, 3.63) is 158 Å². The summed E-state index contributed by atoms with van der Waals surface area (Å²) in [7, 11) is 0. The fourth-order valence-corrected chi connectivity index (χ4v) is 6.17. The quantitative estimate of drug-likeness (QED) is 0.152. The molecular formula is C39H26N8OPt. The molecule has 238 valence electrons. The van der Waals surface area contributed by atoms with Crippen LogP contribution >= 0.6 is 0 Å². The summed E-state index contributed by atoms with van der Waals surface area (Å²) in [5, 5.41) is 7.30. The van der Waals surface area contributed by atoms with Gasteiger partial charge in [-0.05, 0) is 47.3 Å². The molecule has 9 nitrogen and oxygen atoms in total. The Bertz CT molecular complexity index is 2550. The van der Waals surface area contributed by atoms with Crippen molar-refractivity contribution in [1.29, 1.82) is 0 Å². The van der Waals surface area contributed by atoms with Gasteiger partial charge in [-0.1, -0.05) is 54.0 Å². The van der Waals surface area contributed by atoms with Crippen LogP contribution in [-0.4, -0.2) is 38.4 Å². The first kappa shape index (κ1) is 30.3. The maximum atomic E-state index is 6.46. The minimum absolute atomic E-state index is 0. The molecule has 5 heterocycles. The molecule has 0 saturated heterocycles. The molecule has 0 saturated carbocycles. The summed E-state index contributed by atoms with van der Waals surface area (Å²) in [5.41, 5.74) is 5.69. The van der Waals surface area contributed by atoms with Gasteiger partial charge in [0.25, 0.3) is 0 Å². The van der Waals surface area contributed by atoms with E-state index in [1.807, 2.05) is 87.0 Å². The number of fused-ring (bicyclic) bond motifs is 3. The summed E-state index contributed by atoms with van der Waals surface area (Å²) in [4.78, 5) is 13.3. The molecule has 0 aliphatic rings. The Kier molecular flexibility index (Phi) is 7.74. The maximum absolute atomic E-state index is 6.46. The molecule has 5 aromatic heterocycles. The standard InChI is InChI=1S/C39H26N8O.Pt/c1-27-16-17-42-36(22-27)46-34-13-6-5-12-32(34)33-15-14-31(24-35(33)46)48-30-11-7-10-29(23-30)47-39(45-21-19-41-26-45)37(28-8-3-2-4-9-28)38(43-47)44-20-18-40-25-44;/h2-22,25-26H,1H3;/q-2;+2. The second kappa shape index (κ2) is 12.5. The number of hydrogen-bond donors (Lipinski definition) is 0. The van der Waals surface area contributed by atoms with Gasteiger partial charge in [-0.2, -0.15) is 12.1 Å². The zero-order chi connectivity index (χ0) is 32.0. The van der Waals surface area contributed by atoms with Crippen LogP contribution in [-0.2, 0) is 21.1 Å². The Morgan fingerprint density at radius 3 is 2.27 bits per heavy atom. The zero-order valence-electron chi connectivity index (χ0n) is 26.1. The first-order chi connectivity index (χ1) is 23.7. The van der Waals surface area contributed by atoms with Crippen LogP contribution < -0.4 is 4.74 Å². The summed E-state index contributed by atoms with van der Waals surface area (Å²) >= 11 is 0. The molecule has 0 fully saturated rings. The van der Waals surface area contributed by atoms with Crippen molar-refractivity contribution in [3.63, 3.8) is 0 Å². The van der Waals surface area contributed by atoms with Gasteiger partial charge in [0.15, 0.2) is 5.82 Å². The van der Waals surface area contributed by atoms with Crippen LogP contribution in [0.3, 0.4) is 0 Å². The van der Waals surface area contributed by atoms with E-state index in [9.17, 15) is 0 Å². The van der Waals surface area contributed by atoms with Gasteiger partial charge < -0.3 is 9.30 Å². The molecule has 0 aliphatic heterocycles. The summed E-state index contributed by atoms with van der Waals surface area (Å²) < 4.78 is 14.3. The third-order valence-electron chi connectivity index (χ3n) is 8.29. The van der Waals surface area contributed by atoms with Crippen LogP contribution in [0.15, 0.2) is 141 Å². The van der Waals surface area contributed by atoms with Gasteiger partial charge in [-0.15, -0.1) is 40.8 Å². The van der Waals surface area contributed by atoms with E-state index in [-0.39, 0.29) is 21.1 Å². The zero-order valence-corrected chi connectivity index (χ0v) is 28.4. The van der Waals surface area contributed by atoms with E-state index in [0.29, 0.717) is 17.2 Å². The third-order valence-corrected chi connectivity index (χ3v) is 8.29. The van der Waals surface area contributed by atoms with E-state index < -0.39 is 0 Å². The van der Waals surface area contributed by atoms with Gasteiger partial charge in [0.1, 0.15) is 24.3 Å². The smallest absolute Gasteiger partial charge is 0.509 e. The fourth-order valence-electron chi connectivity index (χ4n) is 6.17. The second-order valence-electron chi connectivity index (χ2n) is 11.4. The van der Waals surface area contributed by atoms with E-state index in [4.69, 9.17) is 14.8 Å². The number of para-hydroxylation sites is 1. The van der Waals surface area contributed by atoms with Gasteiger partial charge in [0.05, 0.1) is 5.56 Å². The Hall–Kier alpha value is -6.05. The average molecular weight is 818 g/mol. The SMILES string of the molecule is Cc1ccnc(-n2c3[c-]c(Oc4[c-]c(-n5nc(-n6ccnc6)c(-c6ccccc6)c5-n5ccnc5)ccc4)ccc3c3ccccc32)c1.[Pt+2]. The number of hydrogen-bond acceptors (Lipinski definition) is 5. The van der Waals surface area contributed by atoms with Crippen LogP contribution in [0.5, 0.6) is 11.5 Å². The molecule has 0 spiro atoms. The third kappa shape index (κ3) is 5.34. The van der Waals surface area contributed by atoms with Gasteiger partial charge in [0, 0.05) is 48.0 Å². The molecule has 0 radical (unpaired) electrons. The molecule has 10 heteroatoms. The minimum Gasteiger partial charge on any atom is -0.509 e. The number of aryl methyl sites for hydroxylation is 1. The van der Waals surface area contributed by atoms with E-state index in [1.165, 1.54) is 0 Å². The molecule has 49 heavy (non-hydrogen) atoms. The van der Waals surface area contributed by atoms with Crippen LogP contribution in [0, 0.1) is 19.1 Å². The Morgan fingerprint density at radius 1 is 0.694 bits per heavy atom. The molecule has 0 amide bonds.